The van der Waals surface area contributed by atoms with Crippen molar-refractivity contribution >= 4 is 11.3 Å². The summed E-state index contributed by atoms with van der Waals surface area (Å²) in [5.41, 5.74) is 0. The van der Waals surface area contributed by atoms with Gasteiger partial charge in [0.15, 0.2) is 0 Å². The summed E-state index contributed by atoms with van der Waals surface area (Å²) < 4.78 is 5.06. The third-order valence-corrected chi connectivity index (χ3v) is 2.98. The molecule has 0 spiro atoms. The second-order valence-electron chi connectivity index (χ2n) is 3.26. The summed E-state index contributed by atoms with van der Waals surface area (Å²) in [5.74, 6) is 0. The highest BCUT2D eigenvalue weighted by molar-refractivity contribution is 7.10. The predicted molar refractivity (Wildman–Crippen MR) is 57.2 cm³/mol. The maximum atomic E-state index is 5.06. The molecule has 13 heavy (non-hydrogen) atoms. The molecule has 0 aliphatic heterocycles. The van der Waals surface area contributed by atoms with Gasteiger partial charge < -0.3 is 10.1 Å². The van der Waals surface area contributed by atoms with Gasteiger partial charge in [-0.2, -0.15) is 0 Å². The van der Waals surface area contributed by atoms with Crippen LogP contribution in [0.25, 0.3) is 0 Å². The lowest BCUT2D eigenvalue weighted by atomic mass is 10.2. The smallest absolute Gasteiger partial charge is 0.0613 e. The van der Waals surface area contributed by atoms with Crippen LogP contribution in [-0.2, 0) is 4.74 Å². The molecule has 0 saturated heterocycles. The number of nitrogens with one attached hydrogen (secondary N) is 1. The average molecular weight is 199 g/mol. The second-order valence-corrected chi connectivity index (χ2v) is 4.24. The minimum atomic E-state index is 0.405. The van der Waals surface area contributed by atoms with Gasteiger partial charge in [-0.05, 0) is 25.3 Å². The van der Waals surface area contributed by atoms with Crippen LogP contribution in [0.4, 0.5) is 0 Å². The molecule has 0 unspecified atom stereocenters. The fourth-order valence-corrected chi connectivity index (χ4v) is 2.09. The van der Waals surface area contributed by atoms with Crippen LogP contribution in [0.15, 0.2) is 17.5 Å². The SMILES string of the molecule is COC[C@@H](C)N[C@@H](C)c1cccs1. The van der Waals surface area contributed by atoms with Crippen LogP contribution >= 0.6 is 11.3 Å². The average Bonchev–Trinajstić information content (AvgIpc) is 2.55. The molecule has 1 aromatic rings. The molecule has 0 fully saturated rings. The highest BCUT2D eigenvalue weighted by atomic mass is 32.1. The Morgan fingerprint density at radius 3 is 2.85 bits per heavy atom. The molecule has 1 heterocycles. The van der Waals surface area contributed by atoms with E-state index in [-0.39, 0.29) is 0 Å². The molecular formula is C10H17NOS. The standard InChI is InChI=1S/C10H17NOS/c1-8(7-12-3)11-9(2)10-5-4-6-13-10/h4-6,8-9,11H,7H2,1-3H3/t8-,9+/m1/s1. The molecule has 0 radical (unpaired) electrons. The largest absolute Gasteiger partial charge is 0.383 e. The zero-order valence-electron chi connectivity index (χ0n) is 8.41. The first kappa shape index (κ1) is 10.7. The number of hydrogen-bond acceptors (Lipinski definition) is 3. The van der Waals surface area contributed by atoms with E-state index >= 15 is 0 Å². The Hall–Kier alpha value is -0.380. The molecule has 2 nitrogen and oxygen atoms in total. The fourth-order valence-electron chi connectivity index (χ4n) is 1.34. The van der Waals surface area contributed by atoms with Crippen molar-refractivity contribution in [3.05, 3.63) is 22.4 Å². The van der Waals surface area contributed by atoms with Gasteiger partial charge in [0.05, 0.1) is 6.61 Å². The molecule has 1 rings (SSSR count). The Kier molecular flexibility index (Phi) is 4.42. The van der Waals surface area contributed by atoms with Crippen LogP contribution in [0.1, 0.15) is 24.8 Å². The van der Waals surface area contributed by atoms with Crippen molar-refractivity contribution in [1.29, 1.82) is 0 Å². The van der Waals surface area contributed by atoms with Gasteiger partial charge in [0.25, 0.3) is 0 Å². The van der Waals surface area contributed by atoms with Crippen molar-refractivity contribution in [3.63, 3.8) is 0 Å². The van der Waals surface area contributed by atoms with Gasteiger partial charge >= 0.3 is 0 Å². The Morgan fingerprint density at radius 1 is 1.54 bits per heavy atom. The van der Waals surface area contributed by atoms with Crippen molar-refractivity contribution in [2.45, 2.75) is 25.9 Å². The predicted octanol–water partition coefficient (Wildman–Crippen LogP) is 2.43. The van der Waals surface area contributed by atoms with Crippen LogP contribution in [-0.4, -0.2) is 19.8 Å². The Balaban J connectivity index is 2.37. The summed E-state index contributed by atoms with van der Waals surface area (Å²) in [5, 5.41) is 5.57. The zero-order valence-corrected chi connectivity index (χ0v) is 9.23. The van der Waals surface area contributed by atoms with Gasteiger partial charge in [-0.15, -0.1) is 11.3 Å². The number of hydrogen-bond donors (Lipinski definition) is 1. The molecule has 0 aliphatic rings. The van der Waals surface area contributed by atoms with E-state index < -0.39 is 0 Å². The van der Waals surface area contributed by atoms with Crippen molar-refractivity contribution in [3.8, 4) is 0 Å². The minimum absolute atomic E-state index is 0.405. The third kappa shape index (κ3) is 3.46. The van der Waals surface area contributed by atoms with E-state index in [0.717, 1.165) is 6.61 Å². The van der Waals surface area contributed by atoms with Gasteiger partial charge in [-0.1, -0.05) is 6.07 Å². The van der Waals surface area contributed by atoms with E-state index in [1.165, 1.54) is 4.88 Å². The highest BCUT2D eigenvalue weighted by Gasteiger charge is 2.09. The molecule has 0 bridgehead atoms. The summed E-state index contributed by atoms with van der Waals surface area (Å²) in [6.45, 7) is 5.07. The summed E-state index contributed by atoms with van der Waals surface area (Å²) in [7, 11) is 1.73. The summed E-state index contributed by atoms with van der Waals surface area (Å²) in [4.78, 5) is 1.38. The summed E-state index contributed by atoms with van der Waals surface area (Å²) in [6.07, 6.45) is 0. The first-order valence-electron chi connectivity index (χ1n) is 4.52. The third-order valence-electron chi connectivity index (χ3n) is 1.92. The molecule has 0 aromatic carbocycles. The van der Waals surface area contributed by atoms with Gasteiger partial charge in [0.2, 0.25) is 0 Å². The Labute approximate surface area is 83.9 Å². The van der Waals surface area contributed by atoms with Crippen molar-refractivity contribution < 1.29 is 4.74 Å². The molecular weight excluding hydrogens is 182 g/mol. The van der Waals surface area contributed by atoms with E-state index in [4.69, 9.17) is 4.74 Å². The van der Waals surface area contributed by atoms with E-state index in [2.05, 4.69) is 36.7 Å². The molecule has 74 valence electrons. The lowest BCUT2D eigenvalue weighted by molar-refractivity contribution is 0.168. The minimum Gasteiger partial charge on any atom is -0.383 e. The molecule has 1 aromatic heterocycles. The van der Waals surface area contributed by atoms with E-state index in [1.807, 2.05) is 0 Å². The summed E-state index contributed by atoms with van der Waals surface area (Å²) >= 11 is 1.79. The molecule has 0 amide bonds. The monoisotopic (exact) mass is 199 g/mol. The van der Waals surface area contributed by atoms with Gasteiger partial charge in [0.1, 0.15) is 0 Å². The normalized spacial score (nSPS) is 15.6. The van der Waals surface area contributed by atoms with Crippen LogP contribution in [0.3, 0.4) is 0 Å². The number of methoxy groups -OCH3 is 1. The molecule has 0 aliphatic carbocycles. The number of rotatable bonds is 5. The van der Waals surface area contributed by atoms with Crippen LogP contribution in [0, 0.1) is 0 Å². The van der Waals surface area contributed by atoms with Crippen molar-refractivity contribution in [2.24, 2.45) is 0 Å². The van der Waals surface area contributed by atoms with Gasteiger partial charge in [0, 0.05) is 24.1 Å². The van der Waals surface area contributed by atoms with E-state index in [1.54, 1.807) is 18.4 Å². The van der Waals surface area contributed by atoms with E-state index in [0.29, 0.717) is 12.1 Å². The first-order valence-corrected chi connectivity index (χ1v) is 5.40. The quantitative estimate of drug-likeness (QED) is 0.786. The van der Waals surface area contributed by atoms with Crippen molar-refractivity contribution in [1.82, 2.24) is 5.32 Å². The Bertz CT molecular complexity index is 223. The fraction of sp³-hybridized carbons (Fsp3) is 0.600. The maximum Gasteiger partial charge on any atom is 0.0613 e. The van der Waals surface area contributed by atoms with E-state index in [9.17, 15) is 0 Å². The molecule has 0 saturated carbocycles. The van der Waals surface area contributed by atoms with Crippen LogP contribution in [0.5, 0.6) is 0 Å². The first-order chi connectivity index (χ1) is 6.24. The second kappa shape index (κ2) is 5.37. The van der Waals surface area contributed by atoms with Gasteiger partial charge in [-0.3, -0.25) is 0 Å². The number of ether oxygens (including phenoxy) is 1. The zero-order chi connectivity index (χ0) is 9.68. The Morgan fingerprint density at radius 2 is 2.31 bits per heavy atom. The van der Waals surface area contributed by atoms with Crippen LogP contribution in [0.2, 0.25) is 0 Å². The lowest BCUT2D eigenvalue weighted by Gasteiger charge is -2.18. The topological polar surface area (TPSA) is 21.3 Å². The highest BCUT2D eigenvalue weighted by Crippen LogP contribution is 2.18. The summed E-state index contributed by atoms with van der Waals surface area (Å²) in [6, 6.07) is 5.06. The molecule has 2 atom stereocenters. The molecule has 1 N–H and O–H groups in total. The number of thiophene rings is 1. The van der Waals surface area contributed by atoms with Crippen molar-refractivity contribution in [2.75, 3.05) is 13.7 Å². The van der Waals surface area contributed by atoms with Crippen LogP contribution < -0.4 is 5.32 Å². The maximum absolute atomic E-state index is 5.06. The molecule has 3 heteroatoms. The van der Waals surface area contributed by atoms with Gasteiger partial charge in [-0.25, -0.2) is 0 Å². The lowest BCUT2D eigenvalue weighted by Crippen LogP contribution is -2.32.